The zero-order valence-corrected chi connectivity index (χ0v) is 15.7. The number of anilines is 1. The fourth-order valence-corrected chi connectivity index (χ4v) is 4.33. The lowest BCUT2D eigenvalue weighted by atomic mass is 10.2. The molecule has 0 saturated carbocycles. The summed E-state index contributed by atoms with van der Waals surface area (Å²) >= 11 is 0. The summed E-state index contributed by atoms with van der Waals surface area (Å²) in [4.78, 5) is 12.4. The van der Waals surface area contributed by atoms with Gasteiger partial charge in [-0.3, -0.25) is 0 Å². The molecule has 128 valence electrons. The number of aliphatic hydroxyl groups is 1. The van der Waals surface area contributed by atoms with Crippen molar-refractivity contribution in [3.8, 4) is 0 Å². The lowest BCUT2D eigenvalue weighted by molar-refractivity contribution is -0.0776. The van der Waals surface area contributed by atoms with Crippen molar-refractivity contribution in [2.24, 2.45) is 0 Å². The zero-order valence-electron chi connectivity index (χ0n) is 14.5. The second kappa shape index (κ2) is 6.94. The molecule has 0 radical (unpaired) electrons. The highest BCUT2D eigenvalue weighted by Gasteiger charge is 2.28. The minimum atomic E-state index is -1.15. The quantitative estimate of drug-likeness (QED) is 0.772. The molecule has 2 heterocycles. The van der Waals surface area contributed by atoms with Crippen LogP contribution in [0.3, 0.4) is 0 Å². The average molecular weight is 338 g/mol. The number of ether oxygens (including phenoxy) is 1. The summed E-state index contributed by atoms with van der Waals surface area (Å²) in [5.74, 6) is 0.373. The molecule has 2 rings (SSSR count). The third-order valence-corrected chi connectivity index (χ3v) is 5.52. The molecule has 0 aliphatic carbocycles. The number of imidazole rings is 1. The van der Waals surface area contributed by atoms with Crippen molar-refractivity contribution < 1.29 is 9.84 Å². The normalized spacial score (nSPS) is 15.3. The number of nitrogens with two attached hydrogens (primary N) is 1. The molecule has 2 atom stereocenters. The Morgan fingerprint density at radius 2 is 2.00 bits per heavy atom. The standard InChI is InChI=1S/C15H27N5O2Si/c1-15(2,3)22-14(23(4)5)10(21)6-7-20-9-19-11-12(16)17-8-18-13(11)20/h8-10,14,21,23H,6-7H2,1-5H3,(H2,16,17,18). The summed E-state index contributed by atoms with van der Waals surface area (Å²) in [5.41, 5.74) is 6.75. The van der Waals surface area contributed by atoms with E-state index in [0.29, 0.717) is 29.9 Å². The molecule has 0 fully saturated rings. The first kappa shape index (κ1) is 17.8. The topological polar surface area (TPSA) is 99.1 Å². The van der Waals surface area contributed by atoms with Gasteiger partial charge in [-0.05, 0) is 27.2 Å². The fraction of sp³-hybridized carbons (Fsp3) is 0.667. The van der Waals surface area contributed by atoms with Crippen molar-refractivity contribution in [1.29, 1.82) is 0 Å². The maximum atomic E-state index is 10.6. The van der Waals surface area contributed by atoms with Crippen LogP contribution >= 0.6 is 0 Å². The van der Waals surface area contributed by atoms with Crippen molar-refractivity contribution in [3.05, 3.63) is 12.7 Å². The number of aromatic nitrogens is 4. The van der Waals surface area contributed by atoms with Crippen LogP contribution in [0, 0.1) is 0 Å². The van der Waals surface area contributed by atoms with Crippen LogP contribution in [0.15, 0.2) is 12.7 Å². The predicted molar refractivity (Wildman–Crippen MR) is 93.9 cm³/mol. The lowest BCUT2D eigenvalue weighted by Gasteiger charge is -2.33. The van der Waals surface area contributed by atoms with Crippen molar-refractivity contribution in [2.75, 3.05) is 5.73 Å². The first-order valence-corrected chi connectivity index (χ1v) is 10.9. The van der Waals surface area contributed by atoms with Crippen molar-refractivity contribution >= 4 is 25.8 Å². The van der Waals surface area contributed by atoms with Crippen molar-refractivity contribution in [1.82, 2.24) is 19.5 Å². The molecule has 0 spiro atoms. The van der Waals surface area contributed by atoms with Crippen LogP contribution in [0.5, 0.6) is 0 Å². The van der Waals surface area contributed by atoms with Crippen LogP contribution in [0.25, 0.3) is 11.2 Å². The smallest absolute Gasteiger partial charge is 0.165 e. The number of hydrogen-bond acceptors (Lipinski definition) is 6. The van der Waals surface area contributed by atoms with Crippen LogP contribution < -0.4 is 5.73 Å². The summed E-state index contributed by atoms with van der Waals surface area (Å²) in [6.45, 7) is 11.1. The molecule has 0 aliphatic rings. The van der Waals surface area contributed by atoms with Gasteiger partial charge in [-0.15, -0.1) is 0 Å². The van der Waals surface area contributed by atoms with E-state index in [1.807, 2.05) is 25.3 Å². The molecular weight excluding hydrogens is 310 g/mol. The molecule has 0 bridgehead atoms. The Morgan fingerprint density at radius 1 is 1.30 bits per heavy atom. The van der Waals surface area contributed by atoms with Gasteiger partial charge < -0.3 is 20.1 Å². The second-order valence-corrected chi connectivity index (χ2v) is 10.3. The highest BCUT2D eigenvalue weighted by Crippen LogP contribution is 2.19. The van der Waals surface area contributed by atoms with Crippen LogP contribution in [0.4, 0.5) is 5.82 Å². The number of hydrogen-bond donors (Lipinski definition) is 2. The highest BCUT2D eigenvalue weighted by molar-refractivity contribution is 6.57. The SMILES string of the molecule is C[SiH](C)C(OC(C)(C)C)C(O)CCn1cnc2c(N)ncnc21. The van der Waals surface area contributed by atoms with Gasteiger partial charge in [0.25, 0.3) is 0 Å². The predicted octanol–water partition coefficient (Wildman–Crippen LogP) is 1.37. The maximum Gasteiger partial charge on any atom is 0.165 e. The van der Waals surface area contributed by atoms with Gasteiger partial charge in [0.15, 0.2) is 11.5 Å². The molecular formula is C15H27N5O2Si. The molecule has 0 aliphatic heterocycles. The number of nitrogen functional groups attached to an aromatic ring is 1. The Bertz CT molecular complexity index is 653. The molecule has 2 aromatic rings. The van der Waals surface area contributed by atoms with Gasteiger partial charge in [0.2, 0.25) is 0 Å². The van der Waals surface area contributed by atoms with Gasteiger partial charge in [-0.25, -0.2) is 15.0 Å². The van der Waals surface area contributed by atoms with E-state index in [2.05, 4.69) is 28.0 Å². The van der Waals surface area contributed by atoms with Crippen LogP contribution in [-0.4, -0.2) is 50.9 Å². The van der Waals surface area contributed by atoms with E-state index in [9.17, 15) is 5.11 Å². The molecule has 2 unspecified atom stereocenters. The molecule has 2 aromatic heterocycles. The van der Waals surface area contributed by atoms with Gasteiger partial charge in [0, 0.05) is 6.54 Å². The molecule has 3 N–H and O–H groups in total. The van der Waals surface area contributed by atoms with E-state index in [4.69, 9.17) is 10.5 Å². The Hall–Kier alpha value is -1.51. The largest absolute Gasteiger partial charge is 0.391 e. The Kier molecular flexibility index (Phi) is 5.38. The van der Waals surface area contributed by atoms with Crippen LogP contribution in [0.2, 0.25) is 13.1 Å². The van der Waals surface area contributed by atoms with E-state index in [1.54, 1.807) is 6.33 Å². The average Bonchev–Trinajstić information content (AvgIpc) is 2.85. The minimum absolute atomic E-state index is 0.0792. The third kappa shape index (κ3) is 4.49. The van der Waals surface area contributed by atoms with Gasteiger partial charge in [-0.2, -0.15) is 0 Å². The van der Waals surface area contributed by atoms with Crippen LogP contribution in [0.1, 0.15) is 27.2 Å². The second-order valence-electron chi connectivity index (χ2n) is 7.16. The van der Waals surface area contributed by atoms with Crippen LogP contribution in [-0.2, 0) is 11.3 Å². The van der Waals surface area contributed by atoms with Crippen molar-refractivity contribution in [2.45, 2.75) is 64.3 Å². The van der Waals surface area contributed by atoms with E-state index in [-0.39, 0.29) is 11.3 Å². The third-order valence-electron chi connectivity index (χ3n) is 3.62. The van der Waals surface area contributed by atoms with Crippen molar-refractivity contribution in [3.63, 3.8) is 0 Å². The summed E-state index contributed by atoms with van der Waals surface area (Å²) in [6, 6.07) is 0. The Labute approximate surface area is 138 Å². The monoisotopic (exact) mass is 337 g/mol. The van der Waals surface area contributed by atoms with E-state index in [0.717, 1.165) is 0 Å². The van der Waals surface area contributed by atoms with Gasteiger partial charge in [0.05, 0.1) is 32.6 Å². The summed E-state index contributed by atoms with van der Waals surface area (Å²) in [7, 11) is -1.15. The van der Waals surface area contributed by atoms with E-state index in [1.165, 1.54) is 6.33 Å². The van der Waals surface area contributed by atoms with Gasteiger partial charge >= 0.3 is 0 Å². The van der Waals surface area contributed by atoms with Gasteiger partial charge in [0.1, 0.15) is 11.8 Å². The first-order valence-electron chi connectivity index (χ1n) is 7.96. The molecule has 0 amide bonds. The summed E-state index contributed by atoms with van der Waals surface area (Å²) in [5, 5.41) is 10.6. The first-order chi connectivity index (χ1) is 10.7. The number of rotatable bonds is 6. The summed E-state index contributed by atoms with van der Waals surface area (Å²) < 4.78 is 7.97. The highest BCUT2D eigenvalue weighted by atomic mass is 28.3. The van der Waals surface area contributed by atoms with E-state index >= 15 is 0 Å². The fourth-order valence-electron chi connectivity index (χ4n) is 2.57. The molecule has 8 heteroatoms. The Morgan fingerprint density at radius 3 is 2.61 bits per heavy atom. The number of nitrogens with zero attached hydrogens (tertiary/aromatic N) is 4. The Balaban J connectivity index is 2.07. The molecule has 7 nitrogen and oxygen atoms in total. The summed E-state index contributed by atoms with van der Waals surface area (Å²) in [6.07, 6.45) is 3.20. The lowest BCUT2D eigenvalue weighted by Crippen LogP contribution is -2.44. The molecule has 0 saturated heterocycles. The maximum absolute atomic E-state index is 10.6. The zero-order chi connectivity index (χ0) is 17.2. The number of aliphatic hydroxyl groups excluding tert-OH is 1. The van der Waals surface area contributed by atoms with Gasteiger partial charge in [-0.1, -0.05) is 13.1 Å². The number of aryl methyl sites for hydroxylation is 1. The minimum Gasteiger partial charge on any atom is -0.391 e. The molecule has 23 heavy (non-hydrogen) atoms. The molecule has 0 aromatic carbocycles. The number of fused-ring (bicyclic) bond motifs is 1. The van der Waals surface area contributed by atoms with E-state index < -0.39 is 14.9 Å².